The first-order valence-electron chi connectivity index (χ1n) is 9.42. The molecule has 6 nitrogen and oxygen atoms in total. The molecule has 2 rings (SSSR count). The second-order valence-corrected chi connectivity index (χ2v) is 7.52. The fourth-order valence-electron chi connectivity index (χ4n) is 3.32. The first-order chi connectivity index (χ1) is 13.0. The number of nitrogens with zero attached hydrogens (tertiary/aromatic N) is 1. The number of benzene rings is 1. The summed E-state index contributed by atoms with van der Waals surface area (Å²) >= 11 is 5.54. The molecule has 1 aliphatic heterocycles. The van der Waals surface area contributed by atoms with Gasteiger partial charge in [0.25, 0.3) is 0 Å². The largest absolute Gasteiger partial charge is 0.497 e. The Kier molecular flexibility index (Phi) is 8.31. The summed E-state index contributed by atoms with van der Waals surface area (Å²) in [6.07, 6.45) is 0.805. The van der Waals surface area contributed by atoms with Crippen LogP contribution in [0.4, 0.5) is 0 Å². The van der Waals surface area contributed by atoms with Crippen LogP contribution in [0.3, 0.4) is 0 Å². The molecule has 1 aliphatic rings. The summed E-state index contributed by atoms with van der Waals surface area (Å²) < 4.78 is 10.3. The fourth-order valence-corrected chi connectivity index (χ4v) is 3.71. The van der Waals surface area contributed by atoms with Crippen molar-refractivity contribution in [3.8, 4) is 5.75 Å². The highest BCUT2D eigenvalue weighted by atomic mass is 32.1. The minimum absolute atomic E-state index is 0.0711. The van der Waals surface area contributed by atoms with Gasteiger partial charge < -0.3 is 25.0 Å². The Morgan fingerprint density at radius 3 is 2.56 bits per heavy atom. The van der Waals surface area contributed by atoms with E-state index in [1.165, 1.54) is 0 Å². The average molecular weight is 394 g/mol. The van der Waals surface area contributed by atoms with E-state index < -0.39 is 0 Å². The summed E-state index contributed by atoms with van der Waals surface area (Å²) in [6.45, 7) is 6.72. The summed E-state index contributed by atoms with van der Waals surface area (Å²) in [5.74, 6) is 0.825. The lowest BCUT2D eigenvalue weighted by atomic mass is 9.88. The van der Waals surface area contributed by atoms with Gasteiger partial charge in [-0.15, -0.1) is 0 Å². The van der Waals surface area contributed by atoms with Gasteiger partial charge in [-0.1, -0.05) is 12.1 Å². The van der Waals surface area contributed by atoms with Crippen LogP contribution in [0.1, 0.15) is 31.7 Å². The number of ether oxygens (including phenoxy) is 2. The van der Waals surface area contributed by atoms with Crippen molar-refractivity contribution in [2.24, 2.45) is 5.92 Å². The Morgan fingerprint density at radius 2 is 1.96 bits per heavy atom. The van der Waals surface area contributed by atoms with Gasteiger partial charge in [-0.3, -0.25) is 4.79 Å². The van der Waals surface area contributed by atoms with Gasteiger partial charge in [0.05, 0.1) is 13.0 Å². The van der Waals surface area contributed by atoms with Crippen molar-refractivity contribution in [2.75, 3.05) is 40.5 Å². The van der Waals surface area contributed by atoms with E-state index in [1.807, 2.05) is 24.3 Å². The van der Waals surface area contributed by atoms with Gasteiger partial charge in [-0.2, -0.15) is 0 Å². The van der Waals surface area contributed by atoms with Crippen LogP contribution in [0, 0.1) is 5.92 Å². The molecule has 0 unspecified atom stereocenters. The van der Waals surface area contributed by atoms with Crippen molar-refractivity contribution < 1.29 is 14.3 Å². The molecule has 1 fully saturated rings. The van der Waals surface area contributed by atoms with Crippen LogP contribution in [0.15, 0.2) is 24.3 Å². The van der Waals surface area contributed by atoms with E-state index in [2.05, 4.69) is 29.4 Å². The van der Waals surface area contributed by atoms with Crippen LogP contribution in [0.2, 0.25) is 0 Å². The lowest BCUT2D eigenvalue weighted by Gasteiger charge is -2.22. The summed E-state index contributed by atoms with van der Waals surface area (Å²) in [5.41, 5.74) is 1.13. The number of hydrogen-bond acceptors (Lipinski definition) is 4. The van der Waals surface area contributed by atoms with Gasteiger partial charge in [0.2, 0.25) is 5.91 Å². The lowest BCUT2D eigenvalue weighted by Crippen LogP contribution is -2.42. The molecule has 2 atom stereocenters. The maximum atomic E-state index is 12.8. The molecule has 0 aromatic heterocycles. The number of carbonyl (C=O) groups excluding carboxylic acids is 1. The molecule has 0 saturated carbocycles. The molecule has 1 amide bonds. The highest BCUT2D eigenvalue weighted by Crippen LogP contribution is 2.34. The van der Waals surface area contributed by atoms with Crippen LogP contribution >= 0.6 is 12.2 Å². The second kappa shape index (κ2) is 10.5. The topological polar surface area (TPSA) is 62.8 Å². The monoisotopic (exact) mass is 393 g/mol. The first kappa shape index (κ1) is 21.4. The minimum Gasteiger partial charge on any atom is -0.497 e. The minimum atomic E-state index is -0.146. The zero-order valence-electron chi connectivity index (χ0n) is 16.7. The average Bonchev–Trinajstić information content (AvgIpc) is 3.10. The predicted octanol–water partition coefficient (Wildman–Crippen LogP) is 2.15. The number of rotatable bonds is 8. The molecule has 27 heavy (non-hydrogen) atoms. The van der Waals surface area contributed by atoms with Crippen molar-refractivity contribution >= 4 is 23.2 Å². The molecule has 150 valence electrons. The second-order valence-electron chi connectivity index (χ2n) is 7.13. The van der Waals surface area contributed by atoms with Gasteiger partial charge in [0.1, 0.15) is 5.75 Å². The number of carbonyl (C=O) groups is 1. The van der Waals surface area contributed by atoms with Gasteiger partial charge in [-0.25, -0.2) is 0 Å². The van der Waals surface area contributed by atoms with Crippen molar-refractivity contribution in [3.05, 3.63) is 29.8 Å². The lowest BCUT2D eigenvalue weighted by molar-refractivity contribution is -0.124. The van der Waals surface area contributed by atoms with E-state index in [9.17, 15) is 4.79 Å². The van der Waals surface area contributed by atoms with Crippen molar-refractivity contribution in [3.63, 3.8) is 0 Å². The quantitative estimate of drug-likeness (QED) is 0.521. The number of nitrogens with one attached hydrogen (secondary N) is 2. The SMILES string of the molecule is COCCCNC(=O)[C@@H]1CN(C(=S)NC(C)C)C[C@@H]1c1ccc(OC)cc1. The van der Waals surface area contributed by atoms with E-state index in [0.717, 1.165) is 24.3 Å². The maximum Gasteiger partial charge on any atom is 0.225 e. The highest BCUT2D eigenvalue weighted by molar-refractivity contribution is 7.80. The van der Waals surface area contributed by atoms with Crippen LogP contribution in [-0.4, -0.2) is 62.4 Å². The maximum absolute atomic E-state index is 12.8. The number of hydrogen-bond donors (Lipinski definition) is 2. The summed E-state index contributed by atoms with van der Waals surface area (Å²) in [5, 5.41) is 7.04. The third-order valence-electron chi connectivity index (χ3n) is 4.72. The van der Waals surface area contributed by atoms with Crippen LogP contribution < -0.4 is 15.4 Å². The van der Waals surface area contributed by atoms with E-state index in [-0.39, 0.29) is 23.8 Å². The van der Waals surface area contributed by atoms with Gasteiger partial charge >= 0.3 is 0 Å². The Labute approximate surface area is 167 Å². The molecule has 0 aliphatic carbocycles. The molecule has 0 radical (unpaired) electrons. The fraction of sp³-hybridized carbons (Fsp3) is 0.600. The van der Waals surface area contributed by atoms with Gasteiger partial charge in [0, 0.05) is 45.3 Å². The van der Waals surface area contributed by atoms with Gasteiger partial charge in [0.15, 0.2) is 5.11 Å². The highest BCUT2D eigenvalue weighted by Gasteiger charge is 2.39. The molecule has 0 bridgehead atoms. The van der Waals surface area contributed by atoms with Crippen LogP contribution in [0.25, 0.3) is 0 Å². The number of thiocarbonyl (C=S) groups is 1. The summed E-state index contributed by atoms with van der Waals surface area (Å²) in [4.78, 5) is 14.9. The van der Waals surface area contributed by atoms with E-state index in [4.69, 9.17) is 21.7 Å². The third kappa shape index (κ3) is 6.07. The molecule has 7 heteroatoms. The molecule has 1 aromatic carbocycles. The van der Waals surface area contributed by atoms with Crippen molar-refractivity contribution in [2.45, 2.75) is 32.2 Å². The molecule has 1 aromatic rings. The summed E-state index contributed by atoms with van der Waals surface area (Å²) in [6, 6.07) is 8.22. The van der Waals surface area contributed by atoms with E-state index >= 15 is 0 Å². The molecule has 1 heterocycles. The molecular weight excluding hydrogens is 362 g/mol. The number of likely N-dealkylation sites (tertiary alicyclic amines) is 1. The Hall–Kier alpha value is -1.86. The molecular formula is C20H31N3O3S. The smallest absolute Gasteiger partial charge is 0.225 e. The zero-order chi connectivity index (χ0) is 19.8. The van der Waals surface area contributed by atoms with Crippen LogP contribution in [0.5, 0.6) is 5.75 Å². The van der Waals surface area contributed by atoms with E-state index in [1.54, 1.807) is 14.2 Å². The Balaban J connectivity index is 2.12. The first-order valence-corrected chi connectivity index (χ1v) is 9.83. The van der Waals surface area contributed by atoms with Crippen molar-refractivity contribution in [1.29, 1.82) is 0 Å². The molecule has 0 spiro atoms. The third-order valence-corrected chi connectivity index (χ3v) is 5.10. The molecule has 1 saturated heterocycles. The zero-order valence-corrected chi connectivity index (χ0v) is 17.5. The molecule has 2 N–H and O–H groups in total. The number of amides is 1. The van der Waals surface area contributed by atoms with Gasteiger partial charge in [-0.05, 0) is 50.2 Å². The van der Waals surface area contributed by atoms with Crippen molar-refractivity contribution in [1.82, 2.24) is 15.5 Å². The Bertz CT molecular complexity index is 621. The standard InChI is InChI=1S/C20H31N3O3S/c1-14(2)22-20(27)23-12-17(15-6-8-16(26-4)9-7-15)18(13-23)19(24)21-10-5-11-25-3/h6-9,14,17-18H,5,10-13H2,1-4H3,(H,21,24)(H,22,27)/t17-,18-/m1/s1. The summed E-state index contributed by atoms with van der Waals surface area (Å²) in [7, 11) is 3.32. The van der Waals surface area contributed by atoms with E-state index in [0.29, 0.717) is 24.8 Å². The predicted molar refractivity (Wildman–Crippen MR) is 111 cm³/mol. The normalized spacial score (nSPS) is 19.2. The Morgan fingerprint density at radius 1 is 1.26 bits per heavy atom. The number of methoxy groups -OCH3 is 2. The van der Waals surface area contributed by atoms with Crippen LogP contribution in [-0.2, 0) is 9.53 Å².